The van der Waals surface area contributed by atoms with Gasteiger partial charge < -0.3 is 18.7 Å². The summed E-state index contributed by atoms with van der Waals surface area (Å²) < 4.78 is 20.9. The molecule has 1 fully saturated rings. The number of aliphatic carboxylic acids is 1. The van der Waals surface area contributed by atoms with E-state index in [0.717, 1.165) is 17.1 Å². The van der Waals surface area contributed by atoms with E-state index in [1.165, 1.54) is 0 Å². The maximum absolute atomic E-state index is 12.3. The van der Waals surface area contributed by atoms with E-state index < -0.39 is 23.6 Å². The molecule has 1 aliphatic carbocycles. The standard InChI is InChI=1S/C24H18N2O6S/c1-14(15-5-3-2-4-6-15)30-23(29)25-19-13-33-26-18(19)8-7-17-11-16-12-20(32-21(16)31-17)24(9-10-24)22(27)28/h2-6,11-14H,9-10H2,1H3,(H,25,29)(H,27,28). The number of rotatable bonds is 5. The van der Waals surface area contributed by atoms with Gasteiger partial charge in [-0.1, -0.05) is 30.3 Å². The largest absolute Gasteiger partial charge is 0.480 e. The van der Waals surface area contributed by atoms with Crippen molar-refractivity contribution >= 4 is 40.4 Å². The number of carbonyl (C=O) groups excluding carboxylic acids is 1. The molecular formula is C24H18N2O6S. The normalized spacial score (nSPS) is 14.8. The third-order valence-corrected chi connectivity index (χ3v) is 6.14. The summed E-state index contributed by atoms with van der Waals surface area (Å²) in [6, 6.07) is 12.8. The van der Waals surface area contributed by atoms with E-state index >= 15 is 0 Å². The molecule has 1 aliphatic rings. The van der Waals surface area contributed by atoms with Crippen LogP contribution < -0.4 is 5.32 Å². The van der Waals surface area contributed by atoms with Crippen molar-refractivity contribution in [1.82, 2.24) is 4.37 Å². The van der Waals surface area contributed by atoms with Gasteiger partial charge in [0.05, 0.1) is 11.1 Å². The lowest BCUT2D eigenvalue weighted by Gasteiger charge is -2.13. The SMILES string of the molecule is CC(OC(=O)Nc1csnc1C#Cc1cc2cc(C3(C(=O)O)CC3)oc2o1)c1ccccc1. The summed E-state index contributed by atoms with van der Waals surface area (Å²) in [6.07, 6.45) is 0.0888. The van der Waals surface area contributed by atoms with Crippen LogP contribution in [0.3, 0.4) is 0 Å². The lowest BCUT2D eigenvalue weighted by Crippen LogP contribution is -2.18. The highest BCUT2D eigenvalue weighted by atomic mass is 32.1. The van der Waals surface area contributed by atoms with E-state index in [9.17, 15) is 14.7 Å². The molecule has 8 nitrogen and oxygen atoms in total. The smallest absolute Gasteiger partial charge is 0.412 e. The number of carbonyl (C=O) groups is 2. The molecular weight excluding hydrogens is 444 g/mol. The van der Waals surface area contributed by atoms with Gasteiger partial charge in [0.2, 0.25) is 0 Å². The monoisotopic (exact) mass is 462 g/mol. The molecule has 5 rings (SSSR count). The predicted octanol–water partition coefficient (Wildman–Crippen LogP) is 5.31. The van der Waals surface area contributed by atoms with Gasteiger partial charge in [-0.25, -0.2) is 4.79 Å². The van der Waals surface area contributed by atoms with E-state index in [-0.39, 0.29) is 5.78 Å². The summed E-state index contributed by atoms with van der Waals surface area (Å²) in [5.74, 6) is 5.82. The minimum atomic E-state index is -0.929. The van der Waals surface area contributed by atoms with Gasteiger partial charge in [-0.15, -0.1) is 0 Å². The Morgan fingerprint density at radius 2 is 2.00 bits per heavy atom. The van der Waals surface area contributed by atoms with Crippen molar-refractivity contribution in [3.05, 3.63) is 70.6 Å². The fourth-order valence-electron chi connectivity index (χ4n) is 3.46. The molecule has 1 saturated carbocycles. The molecule has 1 aromatic carbocycles. The number of anilines is 1. The molecule has 1 atom stereocenters. The topological polar surface area (TPSA) is 115 Å². The first-order valence-electron chi connectivity index (χ1n) is 10.2. The van der Waals surface area contributed by atoms with E-state index in [2.05, 4.69) is 21.5 Å². The second kappa shape index (κ2) is 8.15. The number of nitrogens with one attached hydrogen (secondary N) is 1. The number of carboxylic acid groups (broad SMARTS) is 1. The number of aromatic nitrogens is 1. The van der Waals surface area contributed by atoms with Crippen LogP contribution in [-0.4, -0.2) is 21.5 Å². The highest BCUT2D eigenvalue weighted by molar-refractivity contribution is 7.04. The highest BCUT2D eigenvalue weighted by Gasteiger charge is 2.54. The van der Waals surface area contributed by atoms with Crippen LogP contribution in [0, 0.1) is 11.8 Å². The predicted molar refractivity (Wildman–Crippen MR) is 120 cm³/mol. The van der Waals surface area contributed by atoms with Gasteiger partial charge in [-0.3, -0.25) is 10.1 Å². The number of furan rings is 2. The van der Waals surface area contributed by atoms with E-state index in [1.807, 2.05) is 30.3 Å². The zero-order valence-electron chi connectivity index (χ0n) is 17.5. The zero-order chi connectivity index (χ0) is 23.0. The van der Waals surface area contributed by atoms with Crippen LogP contribution in [0.5, 0.6) is 0 Å². The molecule has 1 unspecified atom stereocenters. The number of hydrogen-bond acceptors (Lipinski definition) is 7. The summed E-state index contributed by atoms with van der Waals surface area (Å²) in [5.41, 5.74) is 0.770. The van der Waals surface area contributed by atoms with Crippen molar-refractivity contribution < 1.29 is 28.3 Å². The molecule has 33 heavy (non-hydrogen) atoms. The minimum absolute atomic E-state index is 0.233. The number of benzene rings is 1. The first-order chi connectivity index (χ1) is 15.9. The van der Waals surface area contributed by atoms with Gasteiger partial charge in [0.15, 0.2) is 11.5 Å². The highest BCUT2D eigenvalue weighted by Crippen LogP contribution is 2.50. The summed E-state index contributed by atoms with van der Waals surface area (Å²) in [4.78, 5) is 23.8. The van der Waals surface area contributed by atoms with Gasteiger partial charge >= 0.3 is 12.1 Å². The van der Waals surface area contributed by atoms with Gasteiger partial charge in [0.25, 0.3) is 5.78 Å². The summed E-state index contributed by atoms with van der Waals surface area (Å²) in [7, 11) is 0. The van der Waals surface area contributed by atoms with Gasteiger partial charge in [0, 0.05) is 11.4 Å². The number of ether oxygens (including phenoxy) is 1. The molecule has 0 aliphatic heterocycles. The zero-order valence-corrected chi connectivity index (χ0v) is 18.3. The van der Waals surface area contributed by atoms with E-state index in [1.54, 1.807) is 24.4 Å². The second-order valence-electron chi connectivity index (χ2n) is 7.76. The Morgan fingerprint density at radius 1 is 1.21 bits per heavy atom. The Bertz CT molecular complexity index is 1370. The van der Waals surface area contributed by atoms with Gasteiger partial charge in [0.1, 0.15) is 17.3 Å². The van der Waals surface area contributed by atoms with Crippen LogP contribution in [0.25, 0.3) is 11.2 Å². The summed E-state index contributed by atoms with van der Waals surface area (Å²) in [6.45, 7) is 1.79. The molecule has 166 valence electrons. The Labute approximate surface area is 192 Å². The third-order valence-electron chi connectivity index (χ3n) is 5.51. The number of fused-ring (bicyclic) bond motifs is 1. The molecule has 0 saturated heterocycles. The molecule has 4 aromatic rings. The van der Waals surface area contributed by atoms with Crippen LogP contribution in [0.2, 0.25) is 0 Å². The Hall–Kier alpha value is -4.03. The van der Waals surface area contributed by atoms with Crippen LogP contribution in [0.15, 0.2) is 56.7 Å². The van der Waals surface area contributed by atoms with Crippen molar-refractivity contribution in [2.75, 3.05) is 5.32 Å². The number of hydrogen-bond donors (Lipinski definition) is 2. The van der Waals surface area contributed by atoms with Crippen LogP contribution in [-0.2, 0) is 14.9 Å². The molecule has 3 heterocycles. The molecule has 1 amide bonds. The summed E-state index contributed by atoms with van der Waals surface area (Å²) in [5, 5.41) is 14.4. The quantitative estimate of drug-likeness (QED) is 0.386. The van der Waals surface area contributed by atoms with E-state index in [4.69, 9.17) is 13.6 Å². The average molecular weight is 462 g/mol. The fourth-order valence-corrected chi connectivity index (χ4v) is 4.03. The second-order valence-corrected chi connectivity index (χ2v) is 8.39. The van der Waals surface area contributed by atoms with Gasteiger partial charge in [-0.05, 0) is 54.8 Å². The first kappa shape index (κ1) is 20.8. The minimum Gasteiger partial charge on any atom is -0.480 e. The lowest BCUT2D eigenvalue weighted by atomic mass is 10.0. The number of nitrogens with zero attached hydrogens (tertiary/aromatic N) is 1. The van der Waals surface area contributed by atoms with Crippen molar-refractivity contribution in [3.8, 4) is 11.8 Å². The Morgan fingerprint density at radius 3 is 2.70 bits per heavy atom. The maximum atomic E-state index is 12.3. The van der Waals surface area contributed by atoms with Crippen molar-refractivity contribution in [3.63, 3.8) is 0 Å². The molecule has 0 spiro atoms. The van der Waals surface area contributed by atoms with E-state index in [0.29, 0.717) is 41.1 Å². The molecule has 0 radical (unpaired) electrons. The summed E-state index contributed by atoms with van der Waals surface area (Å²) >= 11 is 1.15. The van der Waals surface area contributed by atoms with Crippen LogP contribution in [0.1, 0.15) is 48.6 Å². The Kier molecular flexibility index (Phi) is 5.15. The molecule has 2 N–H and O–H groups in total. The lowest BCUT2D eigenvalue weighted by molar-refractivity contribution is -0.140. The third kappa shape index (κ3) is 4.08. The van der Waals surface area contributed by atoms with Crippen LogP contribution >= 0.6 is 11.5 Å². The number of amides is 1. The first-order valence-corrected chi connectivity index (χ1v) is 11.0. The molecule has 9 heteroatoms. The number of carboxylic acids is 1. The van der Waals surface area contributed by atoms with Crippen molar-refractivity contribution in [1.29, 1.82) is 0 Å². The van der Waals surface area contributed by atoms with Gasteiger partial charge in [-0.2, -0.15) is 4.37 Å². The fraction of sp³-hybridized carbons (Fsp3) is 0.208. The Balaban J connectivity index is 1.27. The van der Waals surface area contributed by atoms with Crippen molar-refractivity contribution in [2.24, 2.45) is 0 Å². The molecule has 0 bridgehead atoms. The van der Waals surface area contributed by atoms with Crippen LogP contribution in [0.4, 0.5) is 10.5 Å². The maximum Gasteiger partial charge on any atom is 0.412 e. The van der Waals surface area contributed by atoms with Crippen molar-refractivity contribution in [2.45, 2.75) is 31.3 Å². The molecule has 3 aromatic heterocycles. The average Bonchev–Trinajstić information content (AvgIpc) is 3.12.